The standard InChI is InChI=1S/C14H28BrN/c1-4-13(9-15)11-16(10-12(2)3)14-7-5-6-8-14/h12-14H,4-11H2,1-3H3. The summed E-state index contributed by atoms with van der Waals surface area (Å²) in [4.78, 5) is 2.77. The van der Waals surface area contributed by atoms with Crippen LogP contribution < -0.4 is 0 Å². The highest BCUT2D eigenvalue weighted by Gasteiger charge is 2.24. The number of halogens is 1. The molecule has 1 fully saturated rings. The molecule has 1 saturated carbocycles. The van der Waals surface area contributed by atoms with Crippen molar-refractivity contribution in [1.82, 2.24) is 4.90 Å². The fraction of sp³-hybridized carbons (Fsp3) is 1.00. The number of rotatable bonds is 7. The fourth-order valence-electron chi connectivity index (χ4n) is 2.73. The summed E-state index contributed by atoms with van der Waals surface area (Å²) >= 11 is 3.65. The zero-order chi connectivity index (χ0) is 12.0. The van der Waals surface area contributed by atoms with Gasteiger partial charge in [0, 0.05) is 24.5 Å². The molecule has 0 aliphatic heterocycles. The van der Waals surface area contributed by atoms with E-state index in [1.54, 1.807) is 0 Å². The van der Waals surface area contributed by atoms with Crippen molar-refractivity contribution in [2.45, 2.75) is 58.9 Å². The minimum absolute atomic E-state index is 0.799. The molecule has 2 heteroatoms. The summed E-state index contributed by atoms with van der Waals surface area (Å²) < 4.78 is 0. The van der Waals surface area contributed by atoms with Crippen molar-refractivity contribution in [3.8, 4) is 0 Å². The van der Waals surface area contributed by atoms with Crippen molar-refractivity contribution in [1.29, 1.82) is 0 Å². The Morgan fingerprint density at radius 2 is 1.81 bits per heavy atom. The lowest BCUT2D eigenvalue weighted by atomic mass is 10.0. The van der Waals surface area contributed by atoms with Crippen LogP contribution in [0.5, 0.6) is 0 Å². The van der Waals surface area contributed by atoms with Crippen LogP contribution in [0.3, 0.4) is 0 Å². The maximum atomic E-state index is 3.65. The fourth-order valence-corrected chi connectivity index (χ4v) is 3.39. The van der Waals surface area contributed by atoms with Gasteiger partial charge in [-0.2, -0.15) is 0 Å². The molecule has 1 nitrogen and oxygen atoms in total. The molecule has 0 aromatic carbocycles. The van der Waals surface area contributed by atoms with Crippen LogP contribution in [0.2, 0.25) is 0 Å². The minimum Gasteiger partial charge on any atom is -0.300 e. The highest BCUT2D eigenvalue weighted by molar-refractivity contribution is 9.09. The van der Waals surface area contributed by atoms with E-state index in [-0.39, 0.29) is 0 Å². The van der Waals surface area contributed by atoms with Crippen LogP contribution in [0.15, 0.2) is 0 Å². The van der Waals surface area contributed by atoms with Crippen molar-refractivity contribution < 1.29 is 0 Å². The molecule has 1 atom stereocenters. The Labute approximate surface area is 110 Å². The van der Waals surface area contributed by atoms with Crippen LogP contribution in [0.4, 0.5) is 0 Å². The lowest BCUT2D eigenvalue weighted by molar-refractivity contribution is 0.154. The van der Waals surface area contributed by atoms with E-state index in [2.05, 4.69) is 41.6 Å². The zero-order valence-electron chi connectivity index (χ0n) is 11.2. The second-order valence-electron chi connectivity index (χ2n) is 5.71. The monoisotopic (exact) mass is 289 g/mol. The lowest BCUT2D eigenvalue weighted by Crippen LogP contribution is -2.40. The Morgan fingerprint density at radius 1 is 1.19 bits per heavy atom. The smallest absolute Gasteiger partial charge is 0.00954 e. The topological polar surface area (TPSA) is 3.24 Å². The molecule has 0 spiro atoms. The van der Waals surface area contributed by atoms with Crippen LogP contribution in [0.25, 0.3) is 0 Å². The van der Waals surface area contributed by atoms with Crippen molar-refractivity contribution in [2.24, 2.45) is 11.8 Å². The van der Waals surface area contributed by atoms with Crippen LogP contribution in [0.1, 0.15) is 52.9 Å². The number of hydrogen-bond donors (Lipinski definition) is 0. The van der Waals surface area contributed by atoms with Gasteiger partial charge in [-0.3, -0.25) is 4.90 Å². The first-order valence-electron chi connectivity index (χ1n) is 6.97. The summed E-state index contributed by atoms with van der Waals surface area (Å²) in [6.07, 6.45) is 7.07. The van der Waals surface area contributed by atoms with Crippen molar-refractivity contribution in [3.05, 3.63) is 0 Å². The summed E-state index contributed by atoms with van der Waals surface area (Å²) in [5.41, 5.74) is 0. The Morgan fingerprint density at radius 3 is 2.25 bits per heavy atom. The molecule has 1 rings (SSSR count). The van der Waals surface area contributed by atoms with E-state index in [1.807, 2.05) is 0 Å². The molecular weight excluding hydrogens is 262 g/mol. The van der Waals surface area contributed by atoms with E-state index >= 15 is 0 Å². The molecule has 96 valence electrons. The van der Waals surface area contributed by atoms with Gasteiger partial charge in [0.05, 0.1) is 0 Å². The van der Waals surface area contributed by atoms with Crippen molar-refractivity contribution in [3.63, 3.8) is 0 Å². The Bertz CT molecular complexity index is 172. The van der Waals surface area contributed by atoms with E-state index in [0.717, 1.165) is 23.2 Å². The first-order chi connectivity index (χ1) is 7.67. The summed E-state index contributed by atoms with van der Waals surface area (Å²) in [5.74, 6) is 1.63. The molecular formula is C14H28BrN. The zero-order valence-corrected chi connectivity index (χ0v) is 12.8. The Hall–Kier alpha value is 0.440. The second kappa shape index (κ2) is 7.71. The van der Waals surface area contributed by atoms with E-state index in [1.165, 1.54) is 45.2 Å². The number of hydrogen-bond acceptors (Lipinski definition) is 1. The van der Waals surface area contributed by atoms with E-state index in [4.69, 9.17) is 0 Å². The molecule has 0 aromatic rings. The molecule has 0 amide bonds. The molecule has 0 bridgehead atoms. The lowest BCUT2D eigenvalue weighted by Gasteiger charge is -2.33. The molecule has 1 aliphatic rings. The van der Waals surface area contributed by atoms with Crippen LogP contribution >= 0.6 is 15.9 Å². The molecule has 0 aromatic heterocycles. The Kier molecular flexibility index (Phi) is 6.98. The molecule has 0 radical (unpaired) electrons. The first-order valence-corrected chi connectivity index (χ1v) is 8.09. The molecule has 0 N–H and O–H groups in total. The summed E-state index contributed by atoms with van der Waals surface area (Å²) in [5, 5.41) is 1.16. The second-order valence-corrected chi connectivity index (χ2v) is 6.36. The quantitative estimate of drug-likeness (QED) is 0.632. The summed E-state index contributed by atoms with van der Waals surface area (Å²) in [6, 6.07) is 0.885. The maximum Gasteiger partial charge on any atom is 0.00954 e. The van der Waals surface area contributed by atoms with Crippen molar-refractivity contribution >= 4 is 15.9 Å². The van der Waals surface area contributed by atoms with Crippen LogP contribution in [0, 0.1) is 11.8 Å². The number of alkyl halides is 1. The highest BCUT2D eigenvalue weighted by atomic mass is 79.9. The van der Waals surface area contributed by atoms with Gasteiger partial charge in [0.25, 0.3) is 0 Å². The largest absolute Gasteiger partial charge is 0.300 e. The molecule has 1 aliphatic carbocycles. The normalized spacial score (nSPS) is 19.9. The predicted octanol–water partition coefficient (Wildman–Crippen LogP) is 4.31. The van der Waals surface area contributed by atoms with Gasteiger partial charge in [-0.15, -0.1) is 0 Å². The van der Waals surface area contributed by atoms with Gasteiger partial charge in [0.1, 0.15) is 0 Å². The molecule has 16 heavy (non-hydrogen) atoms. The molecule has 1 unspecified atom stereocenters. The summed E-state index contributed by atoms with van der Waals surface area (Å²) in [7, 11) is 0. The molecule has 0 saturated heterocycles. The third kappa shape index (κ3) is 4.75. The van der Waals surface area contributed by atoms with Gasteiger partial charge >= 0.3 is 0 Å². The third-order valence-corrected chi connectivity index (χ3v) is 4.64. The van der Waals surface area contributed by atoms with Gasteiger partial charge in [-0.25, -0.2) is 0 Å². The van der Waals surface area contributed by atoms with E-state index < -0.39 is 0 Å². The highest BCUT2D eigenvalue weighted by Crippen LogP contribution is 2.25. The van der Waals surface area contributed by atoms with Crippen LogP contribution in [-0.2, 0) is 0 Å². The van der Waals surface area contributed by atoms with Gasteiger partial charge in [-0.1, -0.05) is 56.0 Å². The SMILES string of the molecule is CCC(CBr)CN(CC(C)C)C1CCCC1. The minimum atomic E-state index is 0.799. The van der Waals surface area contributed by atoms with Crippen LogP contribution in [-0.4, -0.2) is 29.4 Å². The molecule has 0 heterocycles. The van der Waals surface area contributed by atoms with Crippen molar-refractivity contribution in [2.75, 3.05) is 18.4 Å². The number of nitrogens with zero attached hydrogens (tertiary/aromatic N) is 1. The third-order valence-electron chi connectivity index (χ3n) is 3.73. The van der Waals surface area contributed by atoms with Gasteiger partial charge < -0.3 is 0 Å². The average Bonchev–Trinajstić information content (AvgIpc) is 2.76. The van der Waals surface area contributed by atoms with E-state index in [0.29, 0.717) is 0 Å². The Balaban J connectivity index is 2.48. The first kappa shape index (κ1) is 14.5. The maximum absolute atomic E-state index is 3.65. The predicted molar refractivity (Wildman–Crippen MR) is 76.2 cm³/mol. The van der Waals surface area contributed by atoms with Gasteiger partial charge in [-0.05, 0) is 24.7 Å². The summed E-state index contributed by atoms with van der Waals surface area (Å²) in [6.45, 7) is 9.58. The average molecular weight is 290 g/mol. The van der Waals surface area contributed by atoms with Gasteiger partial charge in [0.15, 0.2) is 0 Å². The van der Waals surface area contributed by atoms with Gasteiger partial charge in [0.2, 0.25) is 0 Å². The van der Waals surface area contributed by atoms with E-state index in [9.17, 15) is 0 Å².